The molecular weight excluding hydrogens is 350 g/mol. The predicted molar refractivity (Wildman–Crippen MR) is 110 cm³/mol. The van der Waals surface area contributed by atoms with Crippen LogP contribution in [0.25, 0.3) is 21.9 Å². The molecule has 3 heterocycles. The van der Waals surface area contributed by atoms with Crippen LogP contribution in [0, 0.1) is 6.92 Å². The van der Waals surface area contributed by atoms with Crippen LogP contribution in [0.15, 0.2) is 48.8 Å². The lowest BCUT2D eigenvalue weighted by atomic mass is 10.1. The minimum Gasteiger partial charge on any atom is -0.352 e. The van der Waals surface area contributed by atoms with E-state index in [9.17, 15) is 4.79 Å². The van der Waals surface area contributed by atoms with Crippen LogP contribution >= 0.6 is 0 Å². The van der Waals surface area contributed by atoms with Gasteiger partial charge in [0.05, 0.1) is 22.7 Å². The second-order valence-electron chi connectivity index (χ2n) is 7.23. The van der Waals surface area contributed by atoms with E-state index in [2.05, 4.69) is 40.3 Å². The predicted octanol–water partition coefficient (Wildman–Crippen LogP) is 3.84. The highest BCUT2D eigenvalue weighted by Gasteiger charge is 2.16. The highest BCUT2D eigenvalue weighted by Crippen LogP contribution is 2.21. The van der Waals surface area contributed by atoms with Gasteiger partial charge in [-0.1, -0.05) is 24.3 Å². The van der Waals surface area contributed by atoms with Crippen molar-refractivity contribution in [3.8, 4) is 0 Å². The fourth-order valence-corrected chi connectivity index (χ4v) is 3.48. The van der Waals surface area contributed by atoms with E-state index in [0.717, 1.165) is 39.6 Å². The molecule has 6 nitrogen and oxygen atoms in total. The number of pyridine rings is 2. The topological polar surface area (TPSA) is 72.7 Å². The van der Waals surface area contributed by atoms with E-state index in [0.29, 0.717) is 12.1 Å². The smallest absolute Gasteiger partial charge is 0.252 e. The summed E-state index contributed by atoms with van der Waals surface area (Å²) < 4.78 is 1.85. The van der Waals surface area contributed by atoms with Gasteiger partial charge >= 0.3 is 0 Å². The third kappa shape index (κ3) is 3.33. The summed E-state index contributed by atoms with van der Waals surface area (Å²) in [4.78, 5) is 21.9. The molecule has 0 aliphatic heterocycles. The molecule has 0 atom stereocenters. The molecule has 142 valence electrons. The van der Waals surface area contributed by atoms with Gasteiger partial charge in [-0.3, -0.25) is 9.78 Å². The van der Waals surface area contributed by atoms with Gasteiger partial charge in [-0.15, -0.1) is 0 Å². The summed E-state index contributed by atoms with van der Waals surface area (Å²) >= 11 is 0. The number of nitrogens with one attached hydrogen (secondary N) is 1. The van der Waals surface area contributed by atoms with Gasteiger partial charge in [-0.25, -0.2) is 9.67 Å². The fraction of sp³-hybridized carbons (Fsp3) is 0.273. The Morgan fingerprint density at radius 1 is 1.21 bits per heavy atom. The second kappa shape index (κ2) is 7.38. The molecule has 0 bridgehead atoms. The first-order chi connectivity index (χ1) is 13.5. The van der Waals surface area contributed by atoms with Crippen LogP contribution in [0.3, 0.4) is 0 Å². The number of fused-ring (bicyclic) bond motifs is 2. The van der Waals surface area contributed by atoms with Gasteiger partial charge in [0, 0.05) is 29.9 Å². The van der Waals surface area contributed by atoms with Crippen LogP contribution in [0.5, 0.6) is 0 Å². The number of hydrogen-bond donors (Lipinski definition) is 1. The normalized spacial score (nSPS) is 11.4. The molecule has 0 fully saturated rings. The Labute approximate surface area is 163 Å². The van der Waals surface area contributed by atoms with E-state index >= 15 is 0 Å². The molecule has 6 heteroatoms. The highest BCUT2D eigenvalue weighted by molar-refractivity contribution is 6.05. The third-order valence-corrected chi connectivity index (χ3v) is 4.82. The Hall–Kier alpha value is -3.28. The van der Waals surface area contributed by atoms with E-state index in [-0.39, 0.29) is 11.9 Å². The molecule has 28 heavy (non-hydrogen) atoms. The Morgan fingerprint density at radius 2 is 2.04 bits per heavy atom. The van der Waals surface area contributed by atoms with Gasteiger partial charge < -0.3 is 5.32 Å². The first-order valence-corrected chi connectivity index (χ1v) is 9.50. The van der Waals surface area contributed by atoms with Crippen molar-refractivity contribution in [3.05, 3.63) is 65.6 Å². The summed E-state index contributed by atoms with van der Waals surface area (Å²) in [6, 6.07) is 12.1. The summed E-state index contributed by atoms with van der Waals surface area (Å²) in [5, 5.41) is 9.34. The van der Waals surface area contributed by atoms with Gasteiger partial charge in [0.25, 0.3) is 5.91 Å². The number of amides is 1. The average molecular weight is 373 g/mol. The van der Waals surface area contributed by atoms with Crippen LogP contribution in [0.1, 0.15) is 41.5 Å². The standard InChI is InChI=1S/C22H23N5O/c1-14(2)27-21-19(13-25-27)18(12-15(3)26-21)22(28)24-11-9-17-7-4-6-16-8-5-10-23-20(16)17/h4-8,10,12-14H,9,11H2,1-3H3,(H,24,28). The largest absolute Gasteiger partial charge is 0.352 e. The van der Waals surface area contributed by atoms with E-state index in [4.69, 9.17) is 0 Å². The molecule has 0 spiro atoms. The van der Waals surface area contributed by atoms with Crippen molar-refractivity contribution in [2.45, 2.75) is 33.2 Å². The van der Waals surface area contributed by atoms with Gasteiger partial charge in [0.2, 0.25) is 0 Å². The molecule has 1 amide bonds. The Morgan fingerprint density at radius 3 is 2.86 bits per heavy atom. The average Bonchev–Trinajstić information content (AvgIpc) is 3.11. The summed E-state index contributed by atoms with van der Waals surface area (Å²) in [6.45, 7) is 6.54. The summed E-state index contributed by atoms with van der Waals surface area (Å²) in [5.41, 5.74) is 4.28. The molecule has 1 N–H and O–H groups in total. The SMILES string of the molecule is Cc1cc(C(=O)NCCc2cccc3cccnc23)c2cnn(C(C)C)c2n1. The van der Waals surface area contributed by atoms with Gasteiger partial charge in [-0.2, -0.15) is 5.10 Å². The number of aromatic nitrogens is 4. The molecule has 3 aromatic heterocycles. The van der Waals surface area contributed by atoms with Crippen molar-refractivity contribution in [1.82, 2.24) is 25.1 Å². The van der Waals surface area contributed by atoms with E-state index < -0.39 is 0 Å². The summed E-state index contributed by atoms with van der Waals surface area (Å²) in [6.07, 6.45) is 4.25. The fourth-order valence-electron chi connectivity index (χ4n) is 3.48. The van der Waals surface area contributed by atoms with Crippen LogP contribution in [-0.4, -0.2) is 32.2 Å². The Kier molecular flexibility index (Phi) is 4.77. The van der Waals surface area contributed by atoms with E-state index in [1.807, 2.05) is 41.9 Å². The molecule has 0 aliphatic carbocycles. The lowest BCUT2D eigenvalue weighted by molar-refractivity contribution is 0.0955. The minimum atomic E-state index is -0.105. The van der Waals surface area contributed by atoms with E-state index in [1.165, 1.54) is 0 Å². The zero-order chi connectivity index (χ0) is 19.7. The summed E-state index contributed by atoms with van der Waals surface area (Å²) in [5.74, 6) is -0.105. The molecule has 4 aromatic rings. The first-order valence-electron chi connectivity index (χ1n) is 9.50. The molecule has 4 rings (SSSR count). The molecule has 0 unspecified atom stereocenters. The molecule has 0 saturated carbocycles. The van der Waals surface area contributed by atoms with Crippen molar-refractivity contribution in [2.24, 2.45) is 0 Å². The van der Waals surface area contributed by atoms with Crippen molar-refractivity contribution in [3.63, 3.8) is 0 Å². The lowest BCUT2D eigenvalue weighted by Crippen LogP contribution is -2.26. The van der Waals surface area contributed by atoms with Gasteiger partial charge in [0.1, 0.15) is 0 Å². The number of nitrogens with zero attached hydrogens (tertiary/aromatic N) is 4. The zero-order valence-corrected chi connectivity index (χ0v) is 16.3. The maximum atomic E-state index is 12.9. The van der Waals surface area contributed by atoms with Crippen molar-refractivity contribution < 1.29 is 4.79 Å². The monoisotopic (exact) mass is 373 g/mol. The van der Waals surface area contributed by atoms with Crippen LogP contribution in [0.2, 0.25) is 0 Å². The Balaban J connectivity index is 1.54. The van der Waals surface area contributed by atoms with Crippen LogP contribution < -0.4 is 5.32 Å². The molecule has 0 saturated heterocycles. The number of carbonyl (C=O) groups is 1. The van der Waals surface area contributed by atoms with Crippen molar-refractivity contribution in [1.29, 1.82) is 0 Å². The molecular formula is C22H23N5O. The maximum absolute atomic E-state index is 12.9. The number of carbonyl (C=O) groups excluding carboxylic acids is 1. The maximum Gasteiger partial charge on any atom is 0.252 e. The molecule has 0 radical (unpaired) electrons. The second-order valence-corrected chi connectivity index (χ2v) is 7.23. The van der Waals surface area contributed by atoms with Crippen LogP contribution in [-0.2, 0) is 6.42 Å². The van der Waals surface area contributed by atoms with E-state index in [1.54, 1.807) is 12.4 Å². The zero-order valence-electron chi connectivity index (χ0n) is 16.3. The van der Waals surface area contributed by atoms with Crippen LogP contribution in [0.4, 0.5) is 0 Å². The quantitative estimate of drug-likeness (QED) is 0.577. The van der Waals surface area contributed by atoms with Gasteiger partial charge in [-0.05, 0) is 44.9 Å². The minimum absolute atomic E-state index is 0.105. The third-order valence-electron chi connectivity index (χ3n) is 4.82. The van der Waals surface area contributed by atoms with Crippen molar-refractivity contribution >= 4 is 27.8 Å². The number of hydrogen-bond acceptors (Lipinski definition) is 4. The Bertz CT molecular complexity index is 1160. The first kappa shape index (κ1) is 18.1. The van der Waals surface area contributed by atoms with Gasteiger partial charge in [0.15, 0.2) is 5.65 Å². The summed E-state index contributed by atoms with van der Waals surface area (Å²) in [7, 11) is 0. The van der Waals surface area contributed by atoms with Crippen molar-refractivity contribution in [2.75, 3.05) is 6.54 Å². The number of benzene rings is 1. The highest BCUT2D eigenvalue weighted by atomic mass is 16.1. The lowest BCUT2D eigenvalue weighted by Gasteiger charge is -2.10. The molecule has 0 aliphatic rings. The number of aryl methyl sites for hydroxylation is 1. The number of rotatable bonds is 5. The molecule has 1 aromatic carbocycles. The number of para-hydroxylation sites is 1.